The molecule has 0 aliphatic heterocycles. The molecule has 5 nitrogen and oxygen atoms in total. The second-order valence-electron chi connectivity index (χ2n) is 5.53. The fraction of sp³-hybridized carbons (Fsp3) is 0.500. The van der Waals surface area contributed by atoms with Crippen LogP contribution in [-0.2, 0) is 9.59 Å². The van der Waals surface area contributed by atoms with Crippen LogP contribution in [0.25, 0.3) is 0 Å². The van der Waals surface area contributed by atoms with Gasteiger partial charge in [-0.15, -0.1) is 24.2 Å². The molecule has 0 saturated carbocycles. The molecule has 0 aromatic heterocycles. The van der Waals surface area contributed by atoms with Gasteiger partial charge in [0.15, 0.2) is 0 Å². The third-order valence-corrected chi connectivity index (χ3v) is 4.22. The highest BCUT2D eigenvalue weighted by Gasteiger charge is 2.17. The Morgan fingerprint density at radius 3 is 2.30 bits per heavy atom. The van der Waals surface area contributed by atoms with Crippen molar-refractivity contribution in [3.63, 3.8) is 0 Å². The Kier molecular flexibility index (Phi) is 10.7. The van der Waals surface area contributed by atoms with Crippen LogP contribution in [0.2, 0.25) is 0 Å². The van der Waals surface area contributed by atoms with E-state index in [1.165, 1.54) is 4.90 Å². The lowest BCUT2D eigenvalue weighted by atomic mass is 10.1. The van der Waals surface area contributed by atoms with Crippen LogP contribution in [0.1, 0.15) is 20.8 Å². The highest BCUT2D eigenvalue weighted by atomic mass is 35.5. The minimum atomic E-state index is -0.583. The average Bonchev–Trinajstić information content (AvgIpc) is 2.50. The molecule has 1 unspecified atom stereocenters. The molecule has 0 bridgehead atoms. The fourth-order valence-corrected chi connectivity index (χ4v) is 2.63. The third-order valence-electron chi connectivity index (χ3n) is 3.11. The van der Waals surface area contributed by atoms with Crippen LogP contribution in [-0.4, -0.2) is 36.2 Å². The molecule has 23 heavy (non-hydrogen) atoms. The van der Waals surface area contributed by atoms with Crippen molar-refractivity contribution in [2.75, 3.05) is 13.1 Å². The largest absolute Gasteiger partial charge is 0.353 e. The molecule has 0 fully saturated rings. The number of nitrogens with two attached hydrogens (primary N) is 1. The second kappa shape index (κ2) is 11.3. The number of nitrogens with one attached hydrogen (secondary N) is 2. The Morgan fingerprint density at radius 2 is 1.74 bits per heavy atom. The van der Waals surface area contributed by atoms with Gasteiger partial charge in [-0.1, -0.05) is 39.0 Å². The molecule has 0 aliphatic carbocycles. The van der Waals surface area contributed by atoms with Gasteiger partial charge in [-0.2, -0.15) is 0 Å². The first-order valence-electron chi connectivity index (χ1n) is 7.42. The van der Waals surface area contributed by atoms with Gasteiger partial charge in [0.2, 0.25) is 11.8 Å². The number of carbonyl (C=O) groups is 2. The lowest BCUT2D eigenvalue weighted by Gasteiger charge is -2.16. The number of hydrogen-bond acceptors (Lipinski definition) is 4. The first-order valence-corrected chi connectivity index (χ1v) is 8.29. The molecule has 0 heterocycles. The zero-order valence-corrected chi connectivity index (χ0v) is 15.4. The normalized spacial score (nSPS) is 12.9. The Hall–Kier alpha value is -1.24. The van der Waals surface area contributed by atoms with Gasteiger partial charge < -0.3 is 16.4 Å². The molecule has 2 amide bonds. The van der Waals surface area contributed by atoms with E-state index in [9.17, 15) is 9.59 Å². The molecular weight excluding hydrogens is 334 g/mol. The van der Waals surface area contributed by atoms with Gasteiger partial charge in [0.25, 0.3) is 0 Å². The zero-order chi connectivity index (χ0) is 16.5. The number of halogens is 1. The van der Waals surface area contributed by atoms with Crippen molar-refractivity contribution in [3.05, 3.63) is 30.3 Å². The number of benzene rings is 1. The van der Waals surface area contributed by atoms with Gasteiger partial charge in [0.1, 0.15) is 0 Å². The summed E-state index contributed by atoms with van der Waals surface area (Å²) in [5.41, 5.74) is 5.71. The van der Waals surface area contributed by atoms with Gasteiger partial charge >= 0.3 is 0 Å². The van der Waals surface area contributed by atoms with Crippen LogP contribution in [0.15, 0.2) is 35.2 Å². The molecule has 7 heteroatoms. The van der Waals surface area contributed by atoms with E-state index in [4.69, 9.17) is 5.73 Å². The van der Waals surface area contributed by atoms with E-state index in [0.717, 1.165) is 0 Å². The highest BCUT2D eigenvalue weighted by Crippen LogP contribution is 2.21. The minimum absolute atomic E-state index is 0. The van der Waals surface area contributed by atoms with Crippen molar-refractivity contribution >= 4 is 36.0 Å². The molecule has 0 aliphatic rings. The molecule has 2 atom stereocenters. The molecule has 1 rings (SSSR count). The van der Waals surface area contributed by atoms with E-state index in [0.29, 0.717) is 6.54 Å². The van der Waals surface area contributed by atoms with Crippen molar-refractivity contribution in [2.45, 2.75) is 37.0 Å². The first-order chi connectivity index (χ1) is 10.4. The smallest absolute Gasteiger partial charge is 0.239 e. The van der Waals surface area contributed by atoms with E-state index in [1.54, 1.807) is 11.8 Å². The Labute approximate surface area is 148 Å². The van der Waals surface area contributed by atoms with E-state index in [1.807, 2.05) is 51.1 Å². The lowest BCUT2D eigenvalue weighted by Crippen LogP contribution is -2.47. The van der Waals surface area contributed by atoms with Crippen LogP contribution in [0, 0.1) is 5.92 Å². The predicted molar refractivity (Wildman–Crippen MR) is 97.8 cm³/mol. The molecular formula is C16H26ClN3O2S. The second-order valence-corrected chi connectivity index (χ2v) is 7.05. The molecule has 130 valence electrons. The van der Waals surface area contributed by atoms with Crippen LogP contribution < -0.4 is 16.4 Å². The number of hydrogen-bond donors (Lipinski definition) is 3. The van der Waals surface area contributed by atoms with Crippen molar-refractivity contribution in [1.82, 2.24) is 10.6 Å². The number of thioether (sulfide) groups is 1. The van der Waals surface area contributed by atoms with E-state index >= 15 is 0 Å². The first kappa shape index (κ1) is 21.8. The topological polar surface area (TPSA) is 84.2 Å². The highest BCUT2D eigenvalue weighted by molar-refractivity contribution is 8.00. The summed E-state index contributed by atoms with van der Waals surface area (Å²) in [6.45, 7) is 6.29. The summed E-state index contributed by atoms with van der Waals surface area (Å²) in [5, 5.41) is 5.62. The monoisotopic (exact) mass is 359 g/mol. The van der Waals surface area contributed by atoms with Gasteiger partial charge in [-0.3, -0.25) is 9.59 Å². The number of amides is 2. The third kappa shape index (κ3) is 8.83. The summed E-state index contributed by atoms with van der Waals surface area (Å²) in [5.74, 6) is -0.452. The molecule has 0 radical (unpaired) electrons. The van der Waals surface area contributed by atoms with Crippen LogP contribution in [0.3, 0.4) is 0 Å². The summed E-state index contributed by atoms with van der Waals surface area (Å²) in [7, 11) is 0. The summed E-state index contributed by atoms with van der Waals surface area (Å²) in [6, 6.07) is 9.44. The Balaban J connectivity index is 0.00000484. The molecule has 4 N–H and O–H groups in total. The van der Waals surface area contributed by atoms with E-state index in [2.05, 4.69) is 10.6 Å². The quantitative estimate of drug-likeness (QED) is 0.618. The maximum atomic E-state index is 11.7. The lowest BCUT2D eigenvalue weighted by molar-refractivity contribution is -0.127. The van der Waals surface area contributed by atoms with Gasteiger partial charge in [-0.05, 0) is 18.1 Å². The van der Waals surface area contributed by atoms with Gasteiger partial charge in [0.05, 0.1) is 12.6 Å². The maximum absolute atomic E-state index is 11.7. The standard InChI is InChI=1S/C16H25N3O2S.ClH/c1-11(2)15(17)16(21)19-10-14(20)18-9-12(3)22-13-7-5-4-6-8-13;/h4-8,11-12,15H,9-10,17H2,1-3H3,(H,18,20)(H,19,21);1H/t12?,15-;/m0./s1. The zero-order valence-electron chi connectivity index (χ0n) is 13.7. The summed E-state index contributed by atoms with van der Waals surface area (Å²) >= 11 is 1.70. The SMILES string of the molecule is CC(CNC(=O)CNC(=O)[C@@H](N)C(C)C)Sc1ccccc1.Cl. The van der Waals surface area contributed by atoms with Crippen molar-refractivity contribution < 1.29 is 9.59 Å². The van der Waals surface area contributed by atoms with Crippen molar-refractivity contribution in [2.24, 2.45) is 11.7 Å². The van der Waals surface area contributed by atoms with E-state index in [-0.39, 0.29) is 41.9 Å². The molecule has 0 spiro atoms. The number of rotatable bonds is 8. The van der Waals surface area contributed by atoms with Crippen LogP contribution in [0.5, 0.6) is 0 Å². The fourth-order valence-electron chi connectivity index (χ4n) is 1.68. The summed E-state index contributed by atoms with van der Waals surface area (Å²) < 4.78 is 0. The minimum Gasteiger partial charge on any atom is -0.353 e. The maximum Gasteiger partial charge on any atom is 0.239 e. The van der Waals surface area contributed by atoms with Crippen molar-refractivity contribution in [3.8, 4) is 0 Å². The summed E-state index contributed by atoms with van der Waals surface area (Å²) in [4.78, 5) is 24.5. The van der Waals surface area contributed by atoms with Crippen LogP contribution >= 0.6 is 24.2 Å². The average molecular weight is 360 g/mol. The van der Waals surface area contributed by atoms with Crippen molar-refractivity contribution in [1.29, 1.82) is 0 Å². The predicted octanol–water partition coefficient (Wildman–Crippen LogP) is 1.80. The van der Waals surface area contributed by atoms with Crippen LogP contribution in [0.4, 0.5) is 0 Å². The number of carbonyl (C=O) groups excluding carboxylic acids is 2. The van der Waals surface area contributed by atoms with Gasteiger partial charge in [-0.25, -0.2) is 0 Å². The summed E-state index contributed by atoms with van der Waals surface area (Å²) in [6.07, 6.45) is 0. The Morgan fingerprint density at radius 1 is 1.13 bits per heavy atom. The van der Waals surface area contributed by atoms with E-state index < -0.39 is 6.04 Å². The molecule has 1 aromatic rings. The Bertz CT molecular complexity index is 485. The molecule has 1 aromatic carbocycles. The van der Waals surface area contributed by atoms with Gasteiger partial charge in [0, 0.05) is 16.7 Å². The molecule has 0 saturated heterocycles.